The van der Waals surface area contributed by atoms with E-state index in [2.05, 4.69) is 0 Å². The summed E-state index contributed by atoms with van der Waals surface area (Å²) >= 11 is 5.66. The Kier molecular flexibility index (Phi) is 3.16. The largest absolute Gasteiger partial charge is 0.475 e. The lowest BCUT2D eigenvalue weighted by Crippen LogP contribution is -2.03. The van der Waals surface area contributed by atoms with Crippen LogP contribution >= 0.6 is 11.6 Å². The molecule has 0 atom stereocenters. The highest BCUT2D eigenvalue weighted by Crippen LogP contribution is 2.19. The molecule has 2 aromatic rings. The van der Waals surface area contributed by atoms with Crippen LogP contribution in [0.15, 0.2) is 34.7 Å². The molecule has 92 valence electrons. The molecule has 6 heteroatoms. The summed E-state index contributed by atoms with van der Waals surface area (Å²) in [5.74, 6) is -3.46. The molecule has 0 aliphatic carbocycles. The second kappa shape index (κ2) is 4.62. The Bertz CT molecular complexity index is 633. The molecule has 0 radical (unpaired) electrons. The van der Waals surface area contributed by atoms with Crippen LogP contribution in [-0.4, -0.2) is 16.9 Å². The highest BCUT2D eigenvalue weighted by Gasteiger charge is 2.19. The van der Waals surface area contributed by atoms with Crippen molar-refractivity contribution in [2.24, 2.45) is 0 Å². The summed E-state index contributed by atoms with van der Waals surface area (Å²) < 4.78 is 18.2. The number of aromatic carboxylic acids is 1. The van der Waals surface area contributed by atoms with E-state index >= 15 is 0 Å². The maximum absolute atomic E-state index is 13.4. The fraction of sp³-hybridized carbons (Fsp3) is 0. The monoisotopic (exact) mass is 268 g/mol. The normalized spacial score (nSPS) is 10.3. The van der Waals surface area contributed by atoms with Gasteiger partial charge in [0, 0.05) is 5.02 Å². The zero-order valence-corrected chi connectivity index (χ0v) is 9.57. The third kappa shape index (κ3) is 2.26. The molecule has 0 aliphatic rings. The van der Waals surface area contributed by atoms with Crippen molar-refractivity contribution in [1.29, 1.82) is 0 Å². The number of halogens is 2. The van der Waals surface area contributed by atoms with Gasteiger partial charge in [-0.05, 0) is 30.3 Å². The number of hydrogen-bond donors (Lipinski definition) is 1. The molecule has 2 rings (SSSR count). The van der Waals surface area contributed by atoms with Crippen LogP contribution in [0.3, 0.4) is 0 Å². The minimum atomic E-state index is -1.30. The van der Waals surface area contributed by atoms with Crippen LogP contribution in [0.4, 0.5) is 4.39 Å². The molecule has 1 heterocycles. The molecule has 0 aliphatic heterocycles. The number of benzene rings is 1. The van der Waals surface area contributed by atoms with Crippen LogP contribution in [0, 0.1) is 5.82 Å². The first kappa shape index (κ1) is 12.3. The van der Waals surface area contributed by atoms with Crippen molar-refractivity contribution >= 4 is 23.4 Å². The van der Waals surface area contributed by atoms with Crippen LogP contribution in [-0.2, 0) is 0 Å². The molecule has 0 amide bonds. The van der Waals surface area contributed by atoms with E-state index in [4.69, 9.17) is 21.1 Å². The SMILES string of the molecule is O=C(O)c1ccc(C(=O)c2cc(Cl)ccc2F)o1. The molecule has 0 unspecified atom stereocenters. The quantitative estimate of drug-likeness (QED) is 0.869. The molecule has 0 fully saturated rings. The van der Waals surface area contributed by atoms with Gasteiger partial charge in [0.1, 0.15) is 5.82 Å². The standard InChI is InChI=1S/C12H6ClFO4/c13-6-1-2-8(14)7(5-6)11(15)9-3-4-10(18-9)12(16)17/h1-5H,(H,16,17). The van der Waals surface area contributed by atoms with Crippen molar-refractivity contribution < 1.29 is 23.5 Å². The predicted octanol–water partition coefficient (Wildman–Crippen LogP) is 3.00. The number of carbonyl (C=O) groups is 2. The lowest BCUT2D eigenvalue weighted by molar-refractivity contribution is 0.0660. The zero-order valence-electron chi connectivity index (χ0n) is 8.81. The lowest BCUT2D eigenvalue weighted by atomic mass is 10.1. The van der Waals surface area contributed by atoms with Crippen LogP contribution in [0.5, 0.6) is 0 Å². The first-order chi connectivity index (χ1) is 8.49. The molecular weight excluding hydrogens is 263 g/mol. The summed E-state index contributed by atoms with van der Waals surface area (Å²) in [6, 6.07) is 5.81. The first-order valence-corrected chi connectivity index (χ1v) is 5.19. The Hall–Kier alpha value is -2.14. The number of hydrogen-bond acceptors (Lipinski definition) is 3. The van der Waals surface area contributed by atoms with Gasteiger partial charge in [0.2, 0.25) is 11.5 Å². The van der Waals surface area contributed by atoms with Crippen molar-refractivity contribution in [2.75, 3.05) is 0 Å². The molecule has 0 spiro atoms. The fourth-order valence-corrected chi connectivity index (χ4v) is 1.55. The Morgan fingerprint density at radius 2 is 1.83 bits per heavy atom. The Morgan fingerprint density at radius 1 is 1.17 bits per heavy atom. The van der Waals surface area contributed by atoms with Gasteiger partial charge in [-0.15, -0.1) is 0 Å². The van der Waals surface area contributed by atoms with E-state index in [1.165, 1.54) is 12.1 Å². The highest BCUT2D eigenvalue weighted by molar-refractivity contribution is 6.31. The number of carboxylic acid groups (broad SMARTS) is 1. The van der Waals surface area contributed by atoms with Crippen LogP contribution in [0.2, 0.25) is 5.02 Å². The lowest BCUT2D eigenvalue weighted by Gasteiger charge is -2.00. The zero-order chi connectivity index (χ0) is 13.3. The number of rotatable bonds is 3. The van der Waals surface area contributed by atoms with Crippen molar-refractivity contribution in [3.05, 3.63) is 58.3 Å². The smallest absolute Gasteiger partial charge is 0.371 e. The number of furan rings is 1. The summed E-state index contributed by atoms with van der Waals surface area (Å²) in [6.07, 6.45) is 0. The summed E-state index contributed by atoms with van der Waals surface area (Å²) in [5, 5.41) is 8.85. The average Bonchev–Trinajstić information content (AvgIpc) is 2.81. The Balaban J connectivity index is 2.41. The average molecular weight is 269 g/mol. The second-order valence-electron chi connectivity index (χ2n) is 3.42. The highest BCUT2D eigenvalue weighted by atomic mass is 35.5. The van der Waals surface area contributed by atoms with Crippen LogP contribution < -0.4 is 0 Å². The van der Waals surface area contributed by atoms with Crippen molar-refractivity contribution in [3.63, 3.8) is 0 Å². The van der Waals surface area contributed by atoms with Gasteiger partial charge in [-0.1, -0.05) is 11.6 Å². The molecule has 18 heavy (non-hydrogen) atoms. The van der Waals surface area contributed by atoms with Crippen molar-refractivity contribution in [1.82, 2.24) is 0 Å². The van der Waals surface area contributed by atoms with Gasteiger partial charge >= 0.3 is 5.97 Å². The summed E-state index contributed by atoms with van der Waals surface area (Å²) in [5.41, 5.74) is -0.270. The summed E-state index contributed by atoms with van der Waals surface area (Å²) in [6.45, 7) is 0. The molecule has 0 bridgehead atoms. The van der Waals surface area contributed by atoms with E-state index in [9.17, 15) is 14.0 Å². The van der Waals surface area contributed by atoms with Gasteiger partial charge in [0.25, 0.3) is 0 Å². The van der Waals surface area contributed by atoms with Crippen molar-refractivity contribution in [2.45, 2.75) is 0 Å². The maximum atomic E-state index is 13.4. The van der Waals surface area contributed by atoms with Gasteiger partial charge in [0.05, 0.1) is 5.56 Å². The molecule has 1 aromatic heterocycles. The number of ketones is 1. The van der Waals surface area contributed by atoms with E-state index in [-0.39, 0.29) is 22.1 Å². The molecule has 0 saturated carbocycles. The third-order valence-corrected chi connectivity index (χ3v) is 2.45. The molecular formula is C12H6ClFO4. The molecule has 0 saturated heterocycles. The van der Waals surface area contributed by atoms with Gasteiger partial charge < -0.3 is 9.52 Å². The van der Waals surface area contributed by atoms with E-state index in [0.717, 1.165) is 18.2 Å². The summed E-state index contributed by atoms with van der Waals surface area (Å²) in [4.78, 5) is 22.5. The fourth-order valence-electron chi connectivity index (χ4n) is 1.38. The van der Waals surface area contributed by atoms with E-state index < -0.39 is 17.6 Å². The van der Waals surface area contributed by atoms with Gasteiger partial charge in [0.15, 0.2) is 5.76 Å². The summed E-state index contributed by atoms with van der Waals surface area (Å²) in [7, 11) is 0. The molecule has 1 aromatic carbocycles. The second-order valence-corrected chi connectivity index (χ2v) is 3.86. The van der Waals surface area contributed by atoms with Crippen LogP contribution in [0.25, 0.3) is 0 Å². The van der Waals surface area contributed by atoms with E-state index in [1.54, 1.807) is 0 Å². The molecule has 4 nitrogen and oxygen atoms in total. The van der Waals surface area contributed by atoms with Crippen LogP contribution in [0.1, 0.15) is 26.7 Å². The Morgan fingerprint density at radius 3 is 2.44 bits per heavy atom. The number of carbonyl (C=O) groups excluding carboxylic acids is 1. The topological polar surface area (TPSA) is 67.5 Å². The number of carboxylic acids is 1. The van der Waals surface area contributed by atoms with E-state index in [1.807, 2.05) is 0 Å². The van der Waals surface area contributed by atoms with E-state index in [0.29, 0.717) is 0 Å². The Labute approximate surface area is 106 Å². The third-order valence-electron chi connectivity index (χ3n) is 2.21. The molecule has 1 N–H and O–H groups in total. The first-order valence-electron chi connectivity index (χ1n) is 4.82. The minimum Gasteiger partial charge on any atom is -0.475 e. The predicted molar refractivity (Wildman–Crippen MR) is 60.5 cm³/mol. The van der Waals surface area contributed by atoms with Gasteiger partial charge in [-0.3, -0.25) is 4.79 Å². The maximum Gasteiger partial charge on any atom is 0.371 e. The van der Waals surface area contributed by atoms with Gasteiger partial charge in [-0.25, -0.2) is 9.18 Å². The van der Waals surface area contributed by atoms with Crippen molar-refractivity contribution in [3.8, 4) is 0 Å². The minimum absolute atomic E-state index is 0.199. The van der Waals surface area contributed by atoms with Gasteiger partial charge in [-0.2, -0.15) is 0 Å².